The third-order valence-corrected chi connectivity index (χ3v) is 2.57. The minimum atomic E-state index is 0. The first-order chi connectivity index (χ1) is 7.20. The summed E-state index contributed by atoms with van der Waals surface area (Å²) in [5.41, 5.74) is 2.44. The van der Waals surface area contributed by atoms with E-state index in [0.717, 1.165) is 24.7 Å². The van der Waals surface area contributed by atoms with Crippen LogP contribution < -0.4 is 5.32 Å². The van der Waals surface area contributed by atoms with E-state index >= 15 is 0 Å². The van der Waals surface area contributed by atoms with Crippen LogP contribution in [0.5, 0.6) is 0 Å². The Hall–Kier alpha value is -0.600. The van der Waals surface area contributed by atoms with Gasteiger partial charge in [-0.1, -0.05) is 19.9 Å². The molecule has 0 aliphatic rings. The van der Waals surface area contributed by atoms with Crippen molar-refractivity contribution < 1.29 is 0 Å². The van der Waals surface area contributed by atoms with E-state index < -0.39 is 0 Å². The quantitative estimate of drug-likeness (QED) is 0.774. The molecule has 0 atom stereocenters. The average molecular weight is 243 g/mol. The van der Waals surface area contributed by atoms with E-state index in [9.17, 15) is 0 Å². The van der Waals surface area contributed by atoms with Gasteiger partial charge >= 0.3 is 0 Å². The van der Waals surface area contributed by atoms with Crippen LogP contribution in [-0.4, -0.2) is 11.5 Å². The number of nitrogens with zero attached hydrogens (tertiary/aromatic N) is 1. The summed E-state index contributed by atoms with van der Waals surface area (Å²) < 4.78 is 0. The Bertz CT molecular complexity index is 287. The van der Waals surface area contributed by atoms with Gasteiger partial charge in [-0.15, -0.1) is 12.4 Å². The molecule has 0 bridgehead atoms. The minimum Gasteiger partial charge on any atom is -0.313 e. The van der Waals surface area contributed by atoms with E-state index in [0.29, 0.717) is 0 Å². The second-order valence-electron chi connectivity index (χ2n) is 4.46. The largest absolute Gasteiger partial charge is 0.313 e. The fourth-order valence-corrected chi connectivity index (χ4v) is 1.56. The van der Waals surface area contributed by atoms with Crippen molar-refractivity contribution in [2.24, 2.45) is 5.92 Å². The number of hydrogen-bond donors (Lipinski definition) is 1. The fraction of sp³-hybridized carbons (Fsp3) is 0.615. The summed E-state index contributed by atoms with van der Waals surface area (Å²) in [4.78, 5) is 4.27. The summed E-state index contributed by atoms with van der Waals surface area (Å²) in [6.07, 6.45) is 4.41. The van der Waals surface area contributed by atoms with Crippen LogP contribution in [0.4, 0.5) is 0 Å². The van der Waals surface area contributed by atoms with Gasteiger partial charge in [-0.25, -0.2) is 0 Å². The minimum absolute atomic E-state index is 0. The number of halogens is 1. The Morgan fingerprint density at radius 2 is 2.12 bits per heavy atom. The SMILES string of the molecule is Cc1ncccc1CNCCCC(C)C.Cl. The van der Waals surface area contributed by atoms with Crippen LogP contribution in [0, 0.1) is 12.8 Å². The first-order valence-corrected chi connectivity index (χ1v) is 5.81. The van der Waals surface area contributed by atoms with Crippen molar-refractivity contribution in [2.75, 3.05) is 6.54 Å². The van der Waals surface area contributed by atoms with E-state index in [1.807, 2.05) is 12.3 Å². The topological polar surface area (TPSA) is 24.9 Å². The highest BCUT2D eigenvalue weighted by Gasteiger charge is 1.97. The van der Waals surface area contributed by atoms with E-state index in [-0.39, 0.29) is 12.4 Å². The fourth-order valence-electron chi connectivity index (χ4n) is 1.56. The standard InChI is InChI=1S/C13H22N2.ClH/c1-11(2)6-4-8-14-10-13-7-5-9-15-12(13)3;/h5,7,9,11,14H,4,6,8,10H2,1-3H3;1H. The van der Waals surface area contributed by atoms with Gasteiger partial charge in [0.25, 0.3) is 0 Å². The lowest BCUT2D eigenvalue weighted by atomic mass is 10.1. The predicted molar refractivity (Wildman–Crippen MR) is 72.0 cm³/mol. The highest BCUT2D eigenvalue weighted by atomic mass is 35.5. The summed E-state index contributed by atoms with van der Waals surface area (Å²) in [7, 11) is 0. The van der Waals surface area contributed by atoms with Gasteiger partial charge in [0.2, 0.25) is 0 Å². The second-order valence-corrected chi connectivity index (χ2v) is 4.46. The number of nitrogens with one attached hydrogen (secondary N) is 1. The molecule has 1 rings (SSSR count). The highest BCUT2D eigenvalue weighted by Crippen LogP contribution is 2.04. The van der Waals surface area contributed by atoms with Crippen LogP contribution in [0.3, 0.4) is 0 Å². The van der Waals surface area contributed by atoms with Crippen LogP contribution in [-0.2, 0) is 6.54 Å². The van der Waals surface area contributed by atoms with Gasteiger partial charge in [-0.05, 0) is 43.9 Å². The molecule has 0 fully saturated rings. The molecular weight excluding hydrogens is 220 g/mol. The van der Waals surface area contributed by atoms with Gasteiger partial charge < -0.3 is 5.32 Å². The van der Waals surface area contributed by atoms with E-state index in [1.165, 1.54) is 18.4 Å². The third-order valence-electron chi connectivity index (χ3n) is 2.57. The van der Waals surface area contributed by atoms with Crippen LogP contribution >= 0.6 is 12.4 Å². The van der Waals surface area contributed by atoms with Gasteiger partial charge in [0, 0.05) is 18.4 Å². The van der Waals surface area contributed by atoms with Crippen LogP contribution in [0.2, 0.25) is 0 Å². The Balaban J connectivity index is 0.00000225. The molecule has 0 aliphatic heterocycles. The van der Waals surface area contributed by atoms with Crippen molar-refractivity contribution in [1.29, 1.82) is 0 Å². The normalized spacial score (nSPS) is 10.2. The molecule has 92 valence electrons. The zero-order valence-electron chi connectivity index (χ0n) is 10.5. The monoisotopic (exact) mass is 242 g/mol. The summed E-state index contributed by atoms with van der Waals surface area (Å²) in [5.74, 6) is 0.812. The number of pyridine rings is 1. The Labute approximate surface area is 105 Å². The Kier molecular flexibility index (Phi) is 8.22. The Morgan fingerprint density at radius 1 is 1.38 bits per heavy atom. The average Bonchev–Trinajstić information content (AvgIpc) is 2.20. The summed E-state index contributed by atoms with van der Waals surface area (Å²) in [5, 5.41) is 3.46. The van der Waals surface area contributed by atoms with Crippen molar-refractivity contribution >= 4 is 12.4 Å². The molecule has 1 N–H and O–H groups in total. The number of hydrogen-bond acceptors (Lipinski definition) is 2. The molecule has 1 heterocycles. The molecule has 2 nitrogen and oxygen atoms in total. The van der Waals surface area contributed by atoms with Crippen molar-refractivity contribution in [3.63, 3.8) is 0 Å². The molecule has 0 aromatic carbocycles. The molecule has 3 heteroatoms. The smallest absolute Gasteiger partial charge is 0.0417 e. The van der Waals surface area contributed by atoms with E-state index in [2.05, 4.69) is 37.1 Å². The zero-order valence-corrected chi connectivity index (χ0v) is 11.3. The predicted octanol–water partition coefficient (Wildman–Crippen LogP) is 3.34. The molecule has 0 saturated carbocycles. The molecule has 1 aromatic heterocycles. The van der Waals surface area contributed by atoms with Gasteiger partial charge in [0.05, 0.1) is 0 Å². The number of rotatable bonds is 6. The molecule has 1 aromatic rings. The maximum absolute atomic E-state index is 4.27. The lowest BCUT2D eigenvalue weighted by Crippen LogP contribution is -2.16. The maximum atomic E-state index is 4.27. The maximum Gasteiger partial charge on any atom is 0.0417 e. The molecule has 0 spiro atoms. The molecule has 0 aliphatic carbocycles. The van der Waals surface area contributed by atoms with Crippen LogP contribution in [0.15, 0.2) is 18.3 Å². The van der Waals surface area contributed by atoms with Crippen LogP contribution in [0.25, 0.3) is 0 Å². The number of aryl methyl sites for hydroxylation is 1. The lowest BCUT2D eigenvalue weighted by Gasteiger charge is -2.07. The van der Waals surface area contributed by atoms with Gasteiger partial charge in [0.1, 0.15) is 0 Å². The molecule has 0 saturated heterocycles. The Morgan fingerprint density at radius 3 is 2.75 bits per heavy atom. The van der Waals surface area contributed by atoms with Crippen molar-refractivity contribution in [1.82, 2.24) is 10.3 Å². The molecule has 0 radical (unpaired) electrons. The van der Waals surface area contributed by atoms with Crippen molar-refractivity contribution in [2.45, 2.75) is 40.2 Å². The van der Waals surface area contributed by atoms with E-state index in [4.69, 9.17) is 0 Å². The zero-order chi connectivity index (χ0) is 11.1. The first kappa shape index (κ1) is 15.4. The molecule has 16 heavy (non-hydrogen) atoms. The van der Waals surface area contributed by atoms with Crippen molar-refractivity contribution in [3.05, 3.63) is 29.6 Å². The molecule has 0 unspecified atom stereocenters. The van der Waals surface area contributed by atoms with Crippen LogP contribution in [0.1, 0.15) is 37.9 Å². The third kappa shape index (κ3) is 6.09. The first-order valence-electron chi connectivity index (χ1n) is 5.81. The second kappa shape index (κ2) is 8.54. The highest BCUT2D eigenvalue weighted by molar-refractivity contribution is 5.85. The van der Waals surface area contributed by atoms with Gasteiger partial charge in [0.15, 0.2) is 0 Å². The molecular formula is C13H23ClN2. The van der Waals surface area contributed by atoms with Gasteiger partial charge in [-0.3, -0.25) is 4.98 Å². The van der Waals surface area contributed by atoms with E-state index in [1.54, 1.807) is 0 Å². The summed E-state index contributed by atoms with van der Waals surface area (Å²) in [6, 6.07) is 4.13. The summed E-state index contributed by atoms with van der Waals surface area (Å²) >= 11 is 0. The van der Waals surface area contributed by atoms with Gasteiger partial charge in [-0.2, -0.15) is 0 Å². The van der Waals surface area contributed by atoms with Crippen molar-refractivity contribution in [3.8, 4) is 0 Å². The number of aromatic nitrogens is 1. The molecule has 0 amide bonds. The summed E-state index contributed by atoms with van der Waals surface area (Å²) in [6.45, 7) is 8.64. The lowest BCUT2D eigenvalue weighted by molar-refractivity contribution is 0.527.